The highest BCUT2D eigenvalue weighted by atomic mass is 35.5. The second kappa shape index (κ2) is 9.57. The number of benzene rings is 1. The number of amides is 2. The first-order valence-corrected chi connectivity index (χ1v) is 12.0. The van der Waals surface area contributed by atoms with Crippen molar-refractivity contribution < 1.29 is 4.79 Å². The van der Waals surface area contributed by atoms with Gasteiger partial charge >= 0.3 is 6.03 Å². The van der Waals surface area contributed by atoms with Crippen LogP contribution in [0.5, 0.6) is 0 Å². The van der Waals surface area contributed by atoms with Gasteiger partial charge in [-0.1, -0.05) is 11.6 Å². The SMILES string of the molecule is CN1CCC(CNC(=O)N2CCN(c3nn(-c4ccc(Cl)cc4)c4cnccc34)CC2)CC1. The first-order valence-electron chi connectivity index (χ1n) is 11.6. The van der Waals surface area contributed by atoms with Gasteiger partial charge in [0.2, 0.25) is 0 Å². The van der Waals surface area contributed by atoms with E-state index < -0.39 is 0 Å². The van der Waals surface area contributed by atoms with Crippen molar-refractivity contribution in [2.75, 3.05) is 57.8 Å². The zero-order valence-corrected chi connectivity index (χ0v) is 19.7. The quantitative estimate of drug-likeness (QED) is 0.638. The van der Waals surface area contributed by atoms with E-state index in [-0.39, 0.29) is 6.03 Å². The molecule has 0 aliphatic carbocycles. The van der Waals surface area contributed by atoms with Crippen molar-refractivity contribution in [3.63, 3.8) is 0 Å². The Balaban J connectivity index is 1.24. The van der Waals surface area contributed by atoms with E-state index in [0.29, 0.717) is 24.0 Å². The number of carbonyl (C=O) groups excluding carboxylic acids is 1. The number of nitrogens with zero attached hydrogens (tertiary/aromatic N) is 6. The summed E-state index contributed by atoms with van der Waals surface area (Å²) in [5, 5.41) is 9.83. The van der Waals surface area contributed by atoms with Crippen LogP contribution in [0, 0.1) is 5.92 Å². The molecule has 1 aromatic carbocycles. The molecule has 0 radical (unpaired) electrons. The number of carbonyl (C=O) groups is 1. The van der Waals surface area contributed by atoms with Crippen LogP contribution in [-0.2, 0) is 0 Å². The summed E-state index contributed by atoms with van der Waals surface area (Å²) in [6.07, 6.45) is 5.95. The standard InChI is InChI=1S/C24H30ClN7O/c1-29-10-7-18(8-11-29)16-27-24(33)31-14-12-30(13-15-31)23-21-6-9-26-17-22(21)32(28-23)20-4-2-19(25)3-5-20/h2-6,9,17-18H,7-8,10-16H2,1H3,(H,27,33). The number of piperidine rings is 1. The molecule has 0 spiro atoms. The minimum Gasteiger partial charge on any atom is -0.351 e. The Morgan fingerprint density at radius 1 is 1.06 bits per heavy atom. The molecule has 1 N–H and O–H groups in total. The van der Waals surface area contributed by atoms with Gasteiger partial charge in [-0.25, -0.2) is 9.48 Å². The number of anilines is 1. The number of piperazine rings is 1. The predicted octanol–water partition coefficient (Wildman–Crippen LogP) is 3.25. The number of likely N-dealkylation sites (tertiary alicyclic amines) is 1. The molecule has 9 heteroatoms. The van der Waals surface area contributed by atoms with Gasteiger partial charge in [0, 0.05) is 49.3 Å². The molecule has 8 nitrogen and oxygen atoms in total. The summed E-state index contributed by atoms with van der Waals surface area (Å²) < 4.78 is 1.91. The molecule has 2 saturated heterocycles. The van der Waals surface area contributed by atoms with E-state index in [0.717, 1.165) is 68.0 Å². The van der Waals surface area contributed by atoms with Crippen molar-refractivity contribution in [3.05, 3.63) is 47.7 Å². The Morgan fingerprint density at radius 2 is 1.79 bits per heavy atom. The molecular weight excluding hydrogens is 438 g/mol. The fraction of sp³-hybridized carbons (Fsp3) is 0.458. The molecule has 0 atom stereocenters. The molecule has 2 aliphatic heterocycles. The van der Waals surface area contributed by atoms with E-state index in [2.05, 4.69) is 27.1 Å². The van der Waals surface area contributed by atoms with Gasteiger partial charge in [-0.05, 0) is 69.2 Å². The first kappa shape index (κ1) is 22.0. The van der Waals surface area contributed by atoms with Crippen LogP contribution in [0.2, 0.25) is 5.02 Å². The fourth-order valence-electron chi connectivity index (χ4n) is 4.69. The van der Waals surface area contributed by atoms with Gasteiger partial charge in [-0.15, -0.1) is 5.10 Å². The van der Waals surface area contributed by atoms with Gasteiger partial charge in [-0.2, -0.15) is 0 Å². The topological polar surface area (TPSA) is 69.5 Å². The number of fused-ring (bicyclic) bond motifs is 1. The van der Waals surface area contributed by atoms with Crippen LogP contribution in [0.15, 0.2) is 42.7 Å². The van der Waals surface area contributed by atoms with Crippen LogP contribution >= 0.6 is 11.6 Å². The van der Waals surface area contributed by atoms with E-state index in [1.807, 2.05) is 46.1 Å². The van der Waals surface area contributed by atoms with Crippen molar-refractivity contribution >= 4 is 34.4 Å². The van der Waals surface area contributed by atoms with Crippen LogP contribution in [-0.4, -0.2) is 83.5 Å². The maximum atomic E-state index is 12.7. The van der Waals surface area contributed by atoms with Gasteiger partial charge in [0.15, 0.2) is 5.82 Å². The molecular formula is C24H30ClN7O. The third kappa shape index (κ3) is 4.77. The van der Waals surface area contributed by atoms with Gasteiger partial charge in [-0.3, -0.25) is 4.98 Å². The lowest BCUT2D eigenvalue weighted by Gasteiger charge is -2.35. The molecule has 0 unspecified atom stereocenters. The maximum Gasteiger partial charge on any atom is 0.317 e. The molecule has 4 heterocycles. The van der Waals surface area contributed by atoms with E-state index >= 15 is 0 Å². The fourth-order valence-corrected chi connectivity index (χ4v) is 4.82. The molecule has 33 heavy (non-hydrogen) atoms. The smallest absolute Gasteiger partial charge is 0.317 e. The molecule has 5 rings (SSSR count). The maximum absolute atomic E-state index is 12.7. The highest BCUT2D eigenvalue weighted by Gasteiger charge is 2.26. The van der Waals surface area contributed by atoms with Crippen molar-refractivity contribution in [1.29, 1.82) is 0 Å². The van der Waals surface area contributed by atoms with Crippen LogP contribution < -0.4 is 10.2 Å². The summed E-state index contributed by atoms with van der Waals surface area (Å²) in [6.45, 7) is 5.86. The number of aromatic nitrogens is 3. The Hall–Kier alpha value is -2.84. The molecule has 2 aromatic heterocycles. The van der Waals surface area contributed by atoms with E-state index in [1.165, 1.54) is 0 Å². The largest absolute Gasteiger partial charge is 0.351 e. The second-order valence-corrected chi connectivity index (χ2v) is 9.45. The summed E-state index contributed by atoms with van der Waals surface area (Å²) in [7, 11) is 2.16. The van der Waals surface area contributed by atoms with Gasteiger partial charge in [0.1, 0.15) is 0 Å². The number of hydrogen-bond donors (Lipinski definition) is 1. The summed E-state index contributed by atoms with van der Waals surface area (Å²) >= 11 is 6.07. The van der Waals surface area contributed by atoms with Gasteiger partial charge in [0.05, 0.1) is 17.4 Å². The lowest BCUT2D eigenvalue weighted by molar-refractivity contribution is 0.183. The van der Waals surface area contributed by atoms with Crippen molar-refractivity contribution in [2.45, 2.75) is 12.8 Å². The molecule has 174 valence electrons. The molecule has 2 fully saturated rings. The number of pyridine rings is 1. The van der Waals surface area contributed by atoms with Crippen LogP contribution in [0.3, 0.4) is 0 Å². The number of hydrogen-bond acceptors (Lipinski definition) is 5. The van der Waals surface area contributed by atoms with Crippen LogP contribution in [0.1, 0.15) is 12.8 Å². The zero-order valence-electron chi connectivity index (χ0n) is 19.0. The van der Waals surface area contributed by atoms with Crippen molar-refractivity contribution in [3.8, 4) is 5.69 Å². The summed E-state index contributed by atoms with van der Waals surface area (Å²) in [6, 6.07) is 9.70. The Kier molecular flexibility index (Phi) is 6.37. The van der Waals surface area contributed by atoms with E-state index in [9.17, 15) is 4.79 Å². The Bertz CT molecular complexity index is 1100. The van der Waals surface area contributed by atoms with Crippen LogP contribution in [0.25, 0.3) is 16.6 Å². The highest BCUT2D eigenvalue weighted by molar-refractivity contribution is 6.30. The number of rotatable bonds is 4. The molecule has 2 amide bonds. The first-order chi connectivity index (χ1) is 16.1. The molecule has 0 saturated carbocycles. The monoisotopic (exact) mass is 467 g/mol. The van der Waals surface area contributed by atoms with Gasteiger partial charge in [0.25, 0.3) is 0 Å². The lowest BCUT2D eigenvalue weighted by atomic mass is 9.97. The number of urea groups is 1. The highest BCUT2D eigenvalue weighted by Crippen LogP contribution is 2.29. The number of nitrogens with one attached hydrogen (secondary N) is 1. The minimum absolute atomic E-state index is 0.0503. The molecule has 0 bridgehead atoms. The van der Waals surface area contributed by atoms with E-state index in [4.69, 9.17) is 16.7 Å². The zero-order chi connectivity index (χ0) is 22.8. The van der Waals surface area contributed by atoms with Crippen LogP contribution in [0.4, 0.5) is 10.6 Å². The average molecular weight is 468 g/mol. The summed E-state index contributed by atoms with van der Waals surface area (Å²) in [5.74, 6) is 1.51. The van der Waals surface area contributed by atoms with Gasteiger partial charge < -0.3 is 20.0 Å². The molecule has 3 aromatic rings. The summed E-state index contributed by atoms with van der Waals surface area (Å²) in [5.41, 5.74) is 1.89. The Labute approximate surface area is 199 Å². The predicted molar refractivity (Wildman–Crippen MR) is 131 cm³/mol. The summed E-state index contributed by atoms with van der Waals surface area (Å²) in [4.78, 5) is 23.6. The van der Waals surface area contributed by atoms with E-state index in [1.54, 1.807) is 6.20 Å². The molecule has 2 aliphatic rings. The third-order valence-electron chi connectivity index (χ3n) is 6.78. The van der Waals surface area contributed by atoms with Crippen molar-refractivity contribution in [2.24, 2.45) is 5.92 Å². The van der Waals surface area contributed by atoms with Crippen molar-refractivity contribution in [1.82, 2.24) is 29.9 Å². The lowest BCUT2D eigenvalue weighted by Crippen LogP contribution is -2.52. The number of halogens is 1. The normalized spacial score (nSPS) is 18.1. The minimum atomic E-state index is 0.0503. The third-order valence-corrected chi connectivity index (χ3v) is 7.03. The Morgan fingerprint density at radius 3 is 2.52 bits per heavy atom. The second-order valence-electron chi connectivity index (χ2n) is 9.01. The average Bonchev–Trinajstić information content (AvgIpc) is 3.24.